The van der Waals surface area contributed by atoms with Crippen molar-refractivity contribution >= 4 is 23.6 Å². The molecule has 0 saturated carbocycles. The Labute approximate surface area is 140 Å². The highest BCUT2D eigenvalue weighted by Crippen LogP contribution is 2.10. The summed E-state index contributed by atoms with van der Waals surface area (Å²) in [7, 11) is 0. The lowest BCUT2D eigenvalue weighted by Crippen LogP contribution is -2.20. The monoisotopic (exact) mass is 328 g/mol. The topological polar surface area (TPSA) is 76.7 Å². The van der Waals surface area contributed by atoms with Crippen molar-refractivity contribution in [2.24, 2.45) is 0 Å². The summed E-state index contributed by atoms with van der Waals surface area (Å²) in [6.45, 7) is 3.80. The van der Waals surface area contributed by atoms with Gasteiger partial charge in [-0.2, -0.15) is 0 Å². The predicted octanol–water partition coefficient (Wildman–Crippen LogP) is 4.10. The molecule has 24 heavy (non-hydrogen) atoms. The van der Waals surface area contributed by atoms with Gasteiger partial charge >= 0.3 is 12.2 Å². The first-order valence-electron chi connectivity index (χ1n) is 7.54. The minimum atomic E-state index is -0.594. The first-order valence-corrected chi connectivity index (χ1v) is 7.54. The van der Waals surface area contributed by atoms with Crippen molar-refractivity contribution in [3.05, 3.63) is 59.7 Å². The molecular formula is C18H20N2O4. The number of hydrogen-bond acceptors (Lipinski definition) is 4. The van der Waals surface area contributed by atoms with Gasteiger partial charge in [0.1, 0.15) is 13.2 Å². The maximum Gasteiger partial charge on any atom is 0.411 e. The summed E-state index contributed by atoms with van der Waals surface area (Å²) in [4.78, 5) is 23.2. The zero-order chi connectivity index (χ0) is 17.4. The third-order valence-corrected chi connectivity index (χ3v) is 3.08. The molecule has 0 aromatic heterocycles. The number of rotatable bonds is 5. The molecule has 6 heteroatoms. The summed E-state index contributed by atoms with van der Waals surface area (Å²) in [5.74, 6) is 0. The third kappa shape index (κ3) is 6.00. The van der Waals surface area contributed by atoms with Gasteiger partial charge < -0.3 is 9.47 Å². The number of ether oxygens (including phenoxy) is 2. The molecule has 0 bridgehead atoms. The molecule has 2 N–H and O–H groups in total. The zero-order valence-corrected chi connectivity index (χ0v) is 13.7. The second-order valence-electron chi connectivity index (χ2n) is 5.26. The van der Waals surface area contributed by atoms with Crippen molar-refractivity contribution in [3.8, 4) is 0 Å². The quantitative estimate of drug-likeness (QED) is 0.810. The molecule has 0 radical (unpaired) electrons. The van der Waals surface area contributed by atoms with E-state index in [2.05, 4.69) is 10.6 Å². The van der Waals surface area contributed by atoms with E-state index in [0.29, 0.717) is 11.4 Å². The number of amides is 2. The molecule has 0 atom stereocenters. The molecule has 0 aliphatic rings. The Morgan fingerprint density at radius 3 is 1.58 bits per heavy atom. The van der Waals surface area contributed by atoms with Crippen molar-refractivity contribution in [2.45, 2.75) is 13.8 Å². The normalized spacial score (nSPS) is 9.92. The molecule has 6 nitrogen and oxygen atoms in total. The average molecular weight is 328 g/mol. The van der Waals surface area contributed by atoms with Gasteiger partial charge in [0.05, 0.1) is 0 Å². The summed E-state index contributed by atoms with van der Waals surface area (Å²) in [5.41, 5.74) is 3.36. The average Bonchev–Trinajstić information content (AvgIpc) is 2.51. The van der Waals surface area contributed by atoms with E-state index < -0.39 is 12.2 Å². The van der Waals surface area contributed by atoms with E-state index in [9.17, 15) is 9.59 Å². The standard InChI is InChI=1S/C18H20N2O4/c1-13-5-3-7-15(11-13)19-17(21)23-9-10-24-18(22)20-16-8-4-6-14(2)12-16/h3-8,11-12H,9-10H2,1-2H3,(H,19,21)(H,20,22). The van der Waals surface area contributed by atoms with Gasteiger partial charge in [0.25, 0.3) is 0 Å². The summed E-state index contributed by atoms with van der Waals surface area (Å²) in [5, 5.41) is 5.20. The van der Waals surface area contributed by atoms with Crippen LogP contribution in [0.25, 0.3) is 0 Å². The number of nitrogens with one attached hydrogen (secondary N) is 2. The maximum absolute atomic E-state index is 11.6. The van der Waals surface area contributed by atoms with E-state index in [1.807, 2.05) is 50.2 Å². The fraction of sp³-hybridized carbons (Fsp3) is 0.222. The molecule has 0 spiro atoms. The van der Waals surface area contributed by atoms with Gasteiger partial charge in [0, 0.05) is 11.4 Å². The first kappa shape index (κ1) is 17.3. The van der Waals surface area contributed by atoms with E-state index in [4.69, 9.17) is 9.47 Å². The van der Waals surface area contributed by atoms with E-state index in [-0.39, 0.29) is 13.2 Å². The molecule has 2 rings (SSSR count). The number of anilines is 2. The maximum atomic E-state index is 11.6. The van der Waals surface area contributed by atoms with Crippen LogP contribution in [0.3, 0.4) is 0 Å². The Kier molecular flexibility index (Phi) is 6.19. The first-order chi connectivity index (χ1) is 11.5. The zero-order valence-electron chi connectivity index (χ0n) is 13.7. The highest BCUT2D eigenvalue weighted by Gasteiger charge is 2.06. The molecule has 2 aromatic rings. The lowest BCUT2D eigenvalue weighted by Gasteiger charge is -2.09. The number of hydrogen-bond donors (Lipinski definition) is 2. The Balaban J connectivity index is 1.65. The van der Waals surface area contributed by atoms with Gasteiger partial charge in [-0.3, -0.25) is 10.6 Å². The lowest BCUT2D eigenvalue weighted by molar-refractivity contribution is 0.110. The van der Waals surface area contributed by atoms with Crippen LogP contribution in [-0.4, -0.2) is 25.4 Å². The van der Waals surface area contributed by atoms with Crippen LogP contribution < -0.4 is 10.6 Å². The number of carbonyl (C=O) groups excluding carboxylic acids is 2. The van der Waals surface area contributed by atoms with Crippen LogP contribution in [0.2, 0.25) is 0 Å². The van der Waals surface area contributed by atoms with Gasteiger partial charge in [-0.05, 0) is 49.2 Å². The second kappa shape index (κ2) is 8.57. The molecule has 0 unspecified atom stereocenters. The molecular weight excluding hydrogens is 308 g/mol. The van der Waals surface area contributed by atoms with Crippen molar-refractivity contribution in [3.63, 3.8) is 0 Å². The van der Waals surface area contributed by atoms with Crippen LogP contribution in [0.1, 0.15) is 11.1 Å². The Morgan fingerprint density at radius 1 is 0.792 bits per heavy atom. The minimum absolute atomic E-state index is 0.0289. The van der Waals surface area contributed by atoms with E-state index in [1.54, 1.807) is 12.1 Å². The Bertz CT molecular complexity index is 654. The van der Waals surface area contributed by atoms with Crippen molar-refractivity contribution in [1.29, 1.82) is 0 Å². The van der Waals surface area contributed by atoms with E-state index >= 15 is 0 Å². The van der Waals surface area contributed by atoms with Gasteiger partial charge in [-0.15, -0.1) is 0 Å². The lowest BCUT2D eigenvalue weighted by atomic mass is 10.2. The highest BCUT2D eigenvalue weighted by molar-refractivity contribution is 5.85. The molecule has 0 saturated heterocycles. The fourth-order valence-electron chi connectivity index (χ4n) is 2.02. The van der Waals surface area contributed by atoms with Crippen molar-refractivity contribution in [2.75, 3.05) is 23.8 Å². The minimum Gasteiger partial charge on any atom is -0.446 e. The molecule has 0 aliphatic heterocycles. The molecule has 0 aliphatic carbocycles. The van der Waals surface area contributed by atoms with E-state index in [1.165, 1.54) is 0 Å². The van der Waals surface area contributed by atoms with Crippen LogP contribution in [0, 0.1) is 13.8 Å². The molecule has 2 aromatic carbocycles. The van der Waals surface area contributed by atoms with Crippen LogP contribution in [0.5, 0.6) is 0 Å². The summed E-state index contributed by atoms with van der Waals surface area (Å²) in [6.07, 6.45) is -1.19. The second-order valence-corrected chi connectivity index (χ2v) is 5.26. The van der Waals surface area contributed by atoms with E-state index in [0.717, 1.165) is 11.1 Å². The SMILES string of the molecule is Cc1cccc(NC(=O)OCCOC(=O)Nc2cccc(C)c2)c1. The van der Waals surface area contributed by atoms with Crippen LogP contribution in [0.15, 0.2) is 48.5 Å². The predicted molar refractivity (Wildman–Crippen MR) is 92.3 cm³/mol. The fourth-order valence-corrected chi connectivity index (χ4v) is 2.02. The smallest absolute Gasteiger partial charge is 0.411 e. The van der Waals surface area contributed by atoms with Crippen LogP contribution >= 0.6 is 0 Å². The Morgan fingerprint density at radius 2 is 1.21 bits per heavy atom. The number of aryl methyl sites for hydroxylation is 2. The number of carbonyl (C=O) groups is 2. The van der Waals surface area contributed by atoms with Crippen LogP contribution in [0.4, 0.5) is 21.0 Å². The molecule has 2 amide bonds. The molecule has 0 fully saturated rings. The molecule has 0 heterocycles. The van der Waals surface area contributed by atoms with Gasteiger partial charge in [-0.1, -0.05) is 24.3 Å². The summed E-state index contributed by atoms with van der Waals surface area (Å²) >= 11 is 0. The Hall–Kier alpha value is -3.02. The van der Waals surface area contributed by atoms with Gasteiger partial charge in [0.2, 0.25) is 0 Å². The third-order valence-electron chi connectivity index (χ3n) is 3.08. The molecule has 126 valence electrons. The van der Waals surface area contributed by atoms with Crippen LogP contribution in [-0.2, 0) is 9.47 Å². The van der Waals surface area contributed by atoms with Crippen molar-refractivity contribution in [1.82, 2.24) is 0 Å². The summed E-state index contributed by atoms with van der Waals surface area (Å²) in [6, 6.07) is 14.7. The largest absolute Gasteiger partial charge is 0.446 e. The van der Waals surface area contributed by atoms with Gasteiger partial charge in [-0.25, -0.2) is 9.59 Å². The van der Waals surface area contributed by atoms with Gasteiger partial charge in [0.15, 0.2) is 0 Å². The summed E-state index contributed by atoms with van der Waals surface area (Å²) < 4.78 is 9.90. The number of benzene rings is 2. The highest BCUT2D eigenvalue weighted by atomic mass is 16.6. The van der Waals surface area contributed by atoms with Crippen molar-refractivity contribution < 1.29 is 19.1 Å².